The summed E-state index contributed by atoms with van der Waals surface area (Å²) in [5.41, 5.74) is 4.15. The van der Waals surface area contributed by atoms with Gasteiger partial charge in [-0.25, -0.2) is 9.82 Å². The number of halogens is 3. The smallest absolute Gasteiger partial charge is 0.271 e. The Hall–Kier alpha value is -3.22. The first-order valence-electron chi connectivity index (χ1n) is 8.38. The van der Waals surface area contributed by atoms with E-state index in [1.165, 1.54) is 42.6 Å². The average molecular weight is 430 g/mol. The molecule has 146 valence electrons. The highest BCUT2D eigenvalue weighted by molar-refractivity contribution is 6.37. The van der Waals surface area contributed by atoms with E-state index < -0.39 is 11.8 Å². The van der Waals surface area contributed by atoms with Gasteiger partial charge < -0.3 is 5.32 Å². The first-order valence-corrected chi connectivity index (χ1v) is 9.13. The van der Waals surface area contributed by atoms with E-state index >= 15 is 0 Å². The molecule has 0 aliphatic rings. The Bertz CT molecular complexity index is 1070. The van der Waals surface area contributed by atoms with Crippen LogP contribution in [-0.4, -0.2) is 18.0 Å². The molecule has 0 saturated carbocycles. The summed E-state index contributed by atoms with van der Waals surface area (Å²) < 4.78 is 12.8. The summed E-state index contributed by atoms with van der Waals surface area (Å²) in [5, 5.41) is 7.20. The quantitative estimate of drug-likeness (QED) is 0.434. The molecule has 0 aliphatic carbocycles. The van der Waals surface area contributed by atoms with Crippen molar-refractivity contribution in [1.29, 1.82) is 0 Å². The topological polar surface area (TPSA) is 70.6 Å². The van der Waals surface area contributed by atoms with E-state index in [4.69, 9.17) is 23.2 Å². The first-order chi connectivity index (χ1) is 13.9. The fourth-order valence-electron chi connectivity index (χ4n) is 2.36. The summed E-state index contributed by atoms with van der Waals surface area (Å²) in [5.74, 6) is -1.17. The largest absolute Gasteiger partial charge is 0.322 e. The van der Waals surface area contributed by atoms with Crippen molar-refractivity contribution >= 4 is 46.9 Å². The van der Waals surface area contributed by atoms with Crippen LogP contribution in [-0.2, 0) is 0 Å². The van der Waals surface area contributed by atoms with Gasteiger partial charge in [0.15, 0.2) is 0 Å². The fraction of sp³-hybridized carbons (Fsp3) is 0. The highest BCUT2D eigenvalue weighted by Crippen LogP contribution is 2.22. The second-order valence-corrected chi connectivity index (χ2v) is 6.75. The number of hydrogen-bond acceptors (Lipinski definition) is 3. The van der Waals surface area contributed by atoms with Crippen molar-refractivity contribution in [2.45, 2.75) is 0 Å². The van der Waals surface area contributed by atoms with Crippen LogP contribution >= 0.6 is 23.2 Å². The van der Waals surface area contributed by atoms with Crippen LogP contribution in [0.3, 0.4) is 0 Å². The molecule has 3 rings (SSSR count). The lowest BCUT2D eigenvalue weighted by atomic mass is 10.1. The maximum atomic E-state index is 12.8. The maximum Gasteiger partial charge on any atom is 0.271 e. The minimum atomic E-state index is -0.429. The van der Waals surface area contributed by atoms with E-state index in [2.05, 4.69) is 15.8 Å². The lowest BCUT2D eigenvalue weighted by Gasteiger charge is -2.08. The van der Waals surface area contributed by atoms with Crippen molar-refractivity contribution in [2.75, 3.05) is 5.32 Å². The summed E-state index contributed by atoms with van der Waals surface area (Å²) in [4.78, 5) is 24.4. The minimum Gasteiger partial charge on any atom is -0.322 e. The van der Waals surface area contributed by atoms with Crippen molar-refractivity contribution in [3.63, 3.8) is 0 Å². The van der Waals surface area contributed by atoms with Gasteiger partial charge in [0.25, 0.3) is 11.8 Å². The van der Waals surface area contributed by atoms with E-state index in [1.54, 1.807) is 30.3 Å². The van der Waals surface area contributed by atoms with Crippen LogP contribution in [0, 0.1) is 5.82 Å². The number of benzene rings is 3. The predicted molar refractivity (Wildman–Crippen MR) is 112 cm³/mol. The summed E-state index contributed by atoms with van der Waals surface area (Å²) in [6.45, 7) is 0. The second-order valence-electron chi connectivity index (χ2n) is 5.91. The van der Waals surface area contributed by atoms with Crippen molar-refractivity contribution in [2.24, 2.45) is 5.10 Å². The van der Waals surface area contributed by atoms with Gasteiger partial charge in [0.05, 0.1) is 16.8 Å². The minimum absolute atomic E-state index is 0.241. The summed E-state index contributed by atoms with van der Waals surface area (Å²) in [6.07, 6.45) is 1.40. The second kappa shape index (κ2) is 9.32. The number of carbonyl (C=O) groups excluding carboxylic acids is 2. The number of nitrogens with zero attached hydrogens (tertiary/aromatic N) is 1. The molecule has 2 N–H and O–H groups in total. The SMILES string of the molecule is O=C(N/N=C\c1ccc(F)cc1)c1ccc(NC(=O)c2ccc(Cl)cc2Cl)cc1. The Balaban J connectivity index is 1.59. The van der Waals surface area contributed by atoms with Crippen LogP contribution in [0.15, 0.2) is 71.8 Å². The van der Waals surface area contributed by atoms with Crippen LogP contribution in [0.2, 0.25) is 10.0 Å². The van der Waals surface area contributed by atoms with Gasteiger partial charge in [0.1, 0.15) is 5.82 Å². The van der Waals surface area contributed by atoms with Gasteiger partial charge in [-0.3, -0.25) is 9.59 Å². The number of hydrazone groups is 1. The van der Waals surface area contributed by atoms with E-state index in [-0.39, 0.29) is 16.4 Å². The molecule has 2 amide bonds. The Morgan fingerprint density at radius 1 is 0.897 bits per heavy atom. The molecule has 0 unspecified atom stereocenters. The predicted octanol–water partition coefficient (Wildman–Crippen LogP) is 5.15. The zero-order chi connectivity index (χ0) is 20.8. The number of rotatable bonds is 5. The van der Waals surface area contributed by atoms with Gasteiger partial charge in [-0.15, -0.1) is 0 Å². The molecule has 3 aromatic carbocycles. The molecule has 0 aromatic heterocycles. The third kappa shape index (κ3) is 5.63. The maximum absolute atomic E-state index is 12.8. The lowest BCUT2D eigenvalue weighted by molar-refractivity contribution is 0.0954. The monoisotopic (exact) mass is 429 g/mol. The number of carbonyl (C=O) groups is 2. The third-order valence-electron chi connectivity index (χ3n) is 3.83. The third-order valence-corrected chi connectivity index (χ3v) is 4.38. The molecular weight excluding hydrogens is 416 g/mol. The van der Waals surface area contributed by atoms with Crippen molar-refractivity contribution in [3.8, 4) is 0 Å². The number of amides is 2. The molecule has 0 bridgehead atoms. The molecule has 0 heterocycles. The van der Waals surface area contributed by atoms with Crippen LogP contribution in [0.4, 0.5) is 10.1 Å². The van der Waals surface area contributed by atoms with Gasteiger partial charge in [-0.1, -0.05) is 35.3 Å². The van der Waals surface area contributed by atoms with Crippen molar-refractivity contribution < 1.29 is 14.0 Å². The molecule has 0 saturated heterocycles. The normalized spacial score (nSPS) is 10.7. The van der Waals surface area contributed by atoms with E-state index in [9.17, 15) is 14.0 Å². The zero-order valence-electron chi connectivity index (χ0n) is 14.8. The lowest BCUT2D eigenvalue weighted by Crippen LogP contribution is -2.18. The Morgan fingerprint density at radius 3 is 2.24 bits per heavy atom. The summed E-state index contributed by atoms with van der Waals surface area (Å²) in [7, 11) is 0. The fourth-order valence-corrected chi connectivity index (χ4v) is 2.85. The Labute approximate surface area is 176 Å². The molecule has 0 atom stereocenters. The van der Waals surface area contributed by atoms with Crippen molar-refractivity contribution in [3.05, 3.63) is 99.3 Å². The zero-order valence-corrected chi connectivity index (χ0v) is 16.3. The van der Waals surface area contributed by atoms with Gasteiger partial charge in [0.2, 0.25) is 0 Å². The van der Waals surface area contributed by atoms with E-state index in [0.29, 0.717) is 21.8 Å². The molecule has 8 heteroatoms. The molecule has 3 aromatic rings. The van der Waals surface area contributed by atoms with Gasteiger partial charge >= 0.3 is 0 Å². The first kappa shape index (κ1) is 20.5. The molecule has 0 aliphatic heterocycles. The van der Waals surface area contributed by atoms with Crippen LogP contribution in [0.5, 0.6) is 0 Å². The summed E-state index contributed by atoms with van der Waals surface area (Å²) >= 11 is 11.9. The molecule has 0 radical (unpaired) electrons. The van der Waals surface area contributed by atoms with Gasteiger partial charge in [-0.05, 0) is 60.2 Å². The van der Waals surface area contributed by atoms with Crippen LogP contribution in [0.25, 0.3) is 0 Å². The molecule has 0 fully saturated rings. The molecule has 0 spiro atoms. The molecule has 29 heavy (non-hydrogen) atoms. The number of anilines is 1. The average Bonchev–Trinajstić information content (AvgIpc) is 2.70. The molecule has 5 nitrogen and oxygen atoms in total. The van der Waals surface area contributed by atoms with E-state index in [0.717, 1.165) is 0 Å². The highest BCUT2D eigenvalue weighted by atomic mass is 35.5. The van der Waals surface area contributed by atoms with E-state index in [1.807, 2.05) is 0 Å². The Morgan fingerprint density at radius 2 is 1.59 bits per heavy atom. The van der Waals surface area contributed by atoms with Crippen LogP contribution < -0.4 is 10.7 Å². The standard InChI is InChI=1S/C21H14Cl2FN3O2/c22-15-5-10-18(19(23)11-15)21(29)26-17-8-3-14(4-9-17)20(28)27-25-12-13-1-6-16(24)7-2-13/h1-12H,(H,26,29)(H,27,28)/b25-12-. The van der Waals surface area contributed by atoms with Crippen molar-refractivity contribution in [1.82, 2.24) is 5.43 Å². The number of nitrogens with one attached hydrogen (secondary N) is 2. The van der Waals surface area contributed by atoms with Crippen LogP contribution in [0.1, 0.15) is 26.3 Å². The number of hydrogen-bond donors (Lipinski definition) is 2. The Kier molecular flexibility index (Phi) is 6.59. The summed E-state index contributed by atoms with van der Waals surface area (Å²) in [6, 6.07) is 16.5. The van der Waals surface area contributed by atoms with Gasteiger partial charge in [0, 0.05) is 16.3 Å². The molecular formula is C21H14Cl2FN3O2. The van der Waals surface area contributed by atoms with Gasteiger partial charge in [-0.2, -0.15) is 5.10 Å². The highest BCUT2D eigenvalue weighted by Gasteiger charge is 2.11.